The molecule has 6 aliphatic heterocycles. The lowest BCUT2D eigenvalue weighted by Gasteiger charge is -2.58. The Morgan fingerprint density at radius 2 is 1.70 bits per heavy atom. The maximum atomic E-state index is 14.9. The lowest BCUT2D eigenvalue weighted by molar-refractivity contribution is -0.384. The van der Waals surface area contributed by atoms with Crippen molar-refractivity contribution in [2.24, 2.45) is 11.3 Å². The second-order valence-electron chi connectivity index (χ2n) is 23.4. The minimum atomic E-state index is -4.74. The number of para-hydroxylation sites is 1. The maximum absolute atomic E-state index is 14.9. The third-order valence-electron chi connectivity index (χ3n) is 17.9. The van der Waals surface area contributed by atoms with Crippen molar-refractivity contribution in [3.8, 4) is 17.4 Å². The highest BCUT2D eigenvalue weighted by Crippen LogP contribution is 2.54. The van der Waals surface area contributed by atoms with Gasteiger partial charge in [-0.3, -0.25) is 24.7 Å². The van der Waals surface area contributed by atoms with Crippen molar-refractivity contribution in [1.29, 1.82) is 0 Å². The summed E-state index contributed by atoms with van der Waals surface area (Å²) in [6, 6.07) is 23.2. The van der Waals surface area contributed by atoms with Crippen LogP contribution in [0.1, 0.15) is 86.3 Å². The van der Waals surface area contributed by atoms with Crippen LogP contribution in [0, 0.1) is 33.1 Å². The number of benzene rings is 4. The van der Waals surface area contributed by atoms with Gasteiger partial charge in [-0.15, -0.1) is 0 Å². The van der Waals surface area contributed by atoms with Crippen LogP contribution in [0.15, 0.2) is 96.0 Å². The van der Waals surface area contributed by atoms with E-state index in [0.717, 1.165) is 99.2 Å². The normalized spacial score (nSPS) is 23.2. The molecule has 0 bridgehead atoms. The average molecular weight is 1140 g/mol. The van der Waals surface area contributed by atoms with Crippen molar-refractivity contribution in [3.63, 3.8) is 0 Å². The van der Waals surface area contributed by atoms with Crippen LogP contribution < -0.4 is 34.0 Å². The molecule has 1 spiro atoms. The molecule has 5 fully saturated rings. The number of rotatable bonds is 13. The molecule has 4 saturated heterocycles. The summed E-state index contributed by atoms with van der Waals surface area (Å²) in [5.41, 5.74) is 4.03. The van der Waals surface area contributed by atoms with Gasteiger partial charge in [0, 0.05) is 106 Å². The van der Waals surface area contributed by atoms with Gasteiger partial charge in [-0.25, -0.2) is 21.9 Å². The Morgan fingerprint density at radius 1 is 0.915 bits per heavy atom. The summed E-state index contributed by atoms with van der Waals surface area (Å²) in [6.07, 6.45) is 7.23. The third-order valence-corrected chi connectivity index (χ3v) is 19.2. The SMILES string of the molecule is CC(C)Oc1ccccc1[C@@H]1CN(Cc2cc(F)cc(F)c2)CCN1C1CC2(CCN(c3ccc(C(=O)NS(=O)(=O)c4cc5c(c([N+](=O)[O-])c4)N[C@H](C4CCOCC4)CO5)c(N4c5cc6cc[nH]c6nc5O[C@H]5COCC[C@@H]54)c3)CC2)C1. The minimum Gasteiger partial charge on any atom is -0.491 e. The number of nitro groups is 1. The number of H-pyrrole nitrogens is 1. The Hall–Kier alpha value is -7.11. The van der Waals surface area contributed by atoms with E-state index in [2.05, 4.69) is 35.8 Å². The first-order chi connectivity index (χ1) is 39.6. The second kappa shape index (κ2) is 21.9. The number of piperidine rings is 1. The fourth-order valence-electron chi connectivity index (χ4n) is 13.8. The van der Waals surface area contributed by atoms with Gasteiger partial charge in [0.2, 0.25) is 5.88 Å². The molecule has 4 atom stereocenters. The molecule has 22 heteroatoms. The first-order valence-electron chi connectivity index (χ1n) is 28.6. The first-order valence-corrected chi connectivity index (χ1v) is 30.1. The number of amides is 1. The number of hydrogen-bond donors (Lipinski definition) is 3. The molecular formula is C60H67F2N9O10S. The van der Waals surface area contributed by atoms with Gasteiger partial charge in [-0.1, -0.05) is 18.2 Å². The molecule has 7 aliphatic rings. The lowest BCUT2D eigenvalue weighted by Crippen LogP contribution is -2.59. The molecule has 1 aliphatic carbocycles. The second-order valence-corrected chi connectivity index (χ2v) is 25.1. The number of nitrogens with zero attached hydrogens (tertiary/aromatic N) is 6. The van der Waals surface area contributed by atoms with Gasteiger partial charge in [-0.05, 0) is 124 Å². The Kier molecular flexibility index (Phi) is 14.5. The number of hydrogen-bond acceptors (Lipinski definition) is 16. The standard InChI is InChI=1S/C60H67F2N9O10S/c1-36(2)80-53-6-4-3-5-45(53)52-33-67(32-37-23-40(61)26-41(62)24-37)18-19-69(52)43-30-60(31-43)13-16-68(17-14-60)42-7-8-46(49(27-42)70-48-12-22-78-35-55(48)81-59-51(70)25-39-9-15-63-57(39)65-59)58(72)66-82(75,76)44-28-50(71(73)74)56-54(29-44)79-34-47(64-56)38-10-20-77-21-11-38/h3-9,15,23-29,36,38,43,47-48,52,55,64H,10-14,16-22,30-35H2,1-2H3,(H,63,65)(H,66,72)/t47-,48-,52-,55-/m0/s1. The molecule has 0 unspecified atom stereocenters. The Balaban J connectivity index is 0.774. The summed E-state index contributed by atoms with van der Waals surface area (Å²) in [5.74, 6) is -0.757. The van der Waals surface area contributed by atoms with E-state index in [1.807, 2.05) is 61.2 Å². The first kappa shape index (κ1) is 54.2. The summed E-state index contributed by atoms with van der Waals surface area (Å²) < 4.78 is 90.3. The van der Waals surface area contributed by atoms with Gasteiger partial charge in [0.1, 0.15) is 41.4 Å². The van der Waals surface area contributed by atoms with Gasteiger partial charge >= 0.3 is 0 Å². The van der Waals surface area contributed by atoms with Crippen molar-refractivity contribution in [3.05, 3.63) is 130 Å². The topological polar surface area (TPSA) is 206 Å². The van der Waals surface area contributed by atoms with Crippen LogP contribution in [-0.2, 0) is 26.0 Å². The Labute approximate surface area is 474 Å². The minimum absolute atomic E-state index is 0.00367. The summed E-state index contributed by atoms with van der Waals surface area (Å²) >= 11 is 0. The molecule has 432 valence electrons. The van der Waals surface area contributed by atoms with E-state index in [-0.39, 0.29) is 65.8 Å². The number of carbonyl (C=O) groups is 1. The van der Waals surface area contributed by atoms with Gasteiger partial charge in [0.05, 0.1) is 51.9 Å². The number of aromatic nitrogens is 2. The Bertz CT molecular complexity index is 3510. The van der Waals surface area contributed by atoms with Gasteiger partial charge in [0.25, 0.3) is 21.6 Å². The molecule has 1 saturated carbocycles. The van der Waals surface area contributed by atoms with E-state index in [1.54, 1.807) is 12.3 Å². The fourth-order valence-corrected chi connectivity index (χ4v) is 14.8. The van der Waals surface area contributed by atoms with Crippen molar-refractivity contribution < 1.29 is 50.6 Å². The van der Waals surface area contributed by atoms with Gasteiger partial charge in [-0.2, -0.15) is 4.98 Å². The lowest BCUT2D eigenvalue weighted by atomic mass is 9.59. The molecule has 13 rings (SSSR count). The molecule has 4 aromatic carbocycles. The van der Waals surface area contributed by atoms with E-state index in [4.69, 9.17) is 28.7 Å². The fraction of sp³-hybridized carbons (Fsp3) is 0.467. The van der Waals surface area contributed by atoms with Crippen molar-refractivity contribution in [1.82, 2.24) is 24.5 Å². The molecule has 19 nitrogen and oxygen atoms in total. The summed E-state index contributed by atoms with van der Waals surface area (Å²) in [5, 5.41) is 16.7. The molecule has 1 amide bonds. The number of pyridine rings is 1. The third kappa shape index (κ3) is 10.6. The number of sulfonamides is 1. The van der Waals surface area contributed by atoms with Crippen LogP contribution in [0.3, 0.4) is 0 Å². The van der Waals surface area contributed by atoms with Gasteiger partial charge in [0.15, 0.2) is 11.4 Å². The zero-order chi connectivity index (χ0) is 56.4. The number of aromatic amines is 1. The number of fused-ring (bicyclic) bond motifs is 4. The number of ether oxygens (including phenoxy) is 5. The number of nitrogens with one attached hydrogen (secondary N) is 3. The number of nitro benzene ring substituents is 1. The molecule has 3 N–H and O–H groups in total. The summed E-state index contributed by atoms with van der Waals surface area (Å²) in [4.78, 5) is 43.7. The zero-order valence-corrected chi connectivity index (χ0v) is 46.7. The predicted octanol–water partition coefficient (Wildman–Crippen LogP) is 9.25. The maximum Gasteiger partial charge on any atom is 0.297 e. The number of halogens is 2. The monoisotopic (exact) mass is 1140 g/mol. The van der Waals surface area contributed by atoms with Crippen LogP contribution in [0.25, 0.3) is 11.0 Å². The highest BCUT2D eigenvalue weighted by Gasteiger charge is 2.51. The highest BCUT2D eigenvalue weighted by molar-refractivity contribution is 7.90. The molecule has 6 aromatic rings. The molecule has 82 heavy (non-hydrogen) atoms. The van der Waals surface area contributed by atoms with E-state index in [9.17, 15) is 32.1 Å². The van der Waals surface area contributed by atoms with Crippen LogP contribution in [-0.4, -0.2) is 135 Å². The van der Waals surface area contributed by atoms with Crippen molar-refractivity contribution in [2.45, 2.75) is 107 Å². The van der Waals surface area contributed by atoms with Gasteiger partial charge < -0.3 is 43.8 Å². The largest absolute Gasteiger partial charge is 0.491 e. The molecule has 8 heterocycles. The number of anilines is 4. The van der Waals surface area contributed by atoms with Crippen LogP contribution >= 0.6 is 0 Å². The van der Waals surface area contributed by atoms with Crippen LogP contribution in [0.4, 0.5) is 37.2 Å². The van der Waals surface area contributed by atoms with E-state index in [0.29, 0.717) is 73.8 Å². The predicted molar refractivity (Wildman–Crippen MR) is 303 cm³/mol. The molecule has 0 radical (unpaired) electrons. The number of carbonyl (C=O) groups excluding carboxylic acids is 1. The number of piperazine rings is 1. The van der Waals surface area contributed by atoms with Crippen LogP contribution in [0.5, 0.6) is 17.4 Å². The Morgan fingerprint density at radius 3 is 2.48 bits per heavy atom. The molecular weight excluding hydrogens is 1080 g/mol. The van der Waals surface area contributed by atoms with Crippen molar-refractivity contribution in [2.75, 3.05) is 80.9 Å². The average Bonchev–Trinajstić information content (AvgIpc) is 3.22. The van der Waals surface area contributed by atoms with Crippen molar-refractivity contribution >= 4 is 55.4 Å². The zero-order valence-electron chi connectivity index (χ0n) is 45.9. The quantitative estimate of drug-likeness (QED) is 0.0728. The highest BCUT2D eigenvalue weighted by atomic mass is 32.2. The molecule has 2 aromatic heterocycles. The van der Waals surface area contributed by atoms with E-state index >= 15 is 0 Å². The smallest absolute Gasteiger partial charge is 0.297 e. The van der Waals surface area contributed by atoms with Crippen LogP contribution in [0.2, 0.25) is 0 Å². The van der Waals surface area contributed by atoms with E-state index < -0.39 is 49.2 Å². The van der Waals surface area contributed by atoms with E-state index in [1.165, 1.54) is 18.2 Å². The summed E-state index contributed by atoms with van der Waals surface area (Å²) in [7, 11) is -4.74. The summed E-state index contributed by atoms with van der Waals surface area (Å²) in [6.45, 7) is 10.2.